The van der Waals surface area contributed by atoms with E-state index in [1.54, 1.807) is 6.92 Å². The second-order valence-corrected chi connectivity index (χ2v) is 8.21. The summed E-state index contributed by atoms with van der Waals surface area (Å²) in [6.07, 6.45) is 0. The van der Waals surface area contributed by atoms with E-state index in [1.165, 1.54) is 11.8 Å². The van der Waals surface area contributed by atoms with Crippen molar-refractivity contribution in [1.82, 2.24) is 15.5 Å². The number of amides is 1. The number of thioether (sulfide) groups is 1. The van der Waals surface area contributed by atoms with Crippen LogP contribution in [-0.4, -0.2) is 28.1 Å². The number of carbonyl (C=O) groups is 1. The molecule has 0 aliphatic carbocycles. The van der Waals surface area contributed by atoms with Gasteiger partial charge >= 0.3 is 0 Å². The third-order valence-corrected chi connectivity index (χ3v) is 5.36. The summed E-state index contributed by atoms with van der Waals surface area (Å²) in [6, 6.07) is 11.7. The number of aryl methyl sites for hydroxylation is 2. The molecule has 0 spiro atoms. The van der Waals surface area contributed by atoms with E-state index in [9.17, 15) is 4.79 Å². The zero-order valence-electron chi connectivity index (χ0n) is 16.4. The molecule has 29 heavy (non-hydrogen) atoms. The summed E-state index contributed by atoms with van der Waals surface area (Å²) in [5.41, 5.74) is 4.07. The van der Waals surface area contributed by atoms with E-state index in [-0.39, 0.29) is 18.0 Å². The first-order valence-corrected chi connectivity index (χ1v) is 10.1. The molecule has 3 aromatic rings. The molecule has 0 unspecified atom stereocenters. The van der Waals surface area contributed by atoms with Crippen LogP contribution in [-0.2, 0) is 11.3 Å². The Morgan fingerprint density at radius 3 is 2.66 bits per heavy atom. The number of hydrogen-bond donors (Lipinski definition) is 1. The molecule has 8 heteroatoms. The molecule has 2 heterocycles. The van der Waals surface area contributed by atoms with Crippen molar-refractivity contribution < 1.29 is 18.7 Å². The van der Waals surface area contributed by atoms with E-state index < -0.39 is 0 Å². The van der Waals surface area contributed by atoms with Gasteiger partial charge in [-0.25, -0.2) is 0 Å². The summed E-state index contributed by atoms with van der Waals surface area (Å²) >= 11 is 1.23. The average molecular weight is 411 g/mol. The SMILES string of the molecule is Cc1cc(C)cc(-c2nnc(S[C@@H](C)C(=O)NCc3ccc4c(c3)OCO4)o2)c1. The van der Waals surface area contributed by atoms with Gasteiger partial charge in [-0.2, -0.15) is 0 Å². The summed E-state index contributed by atoms with van der Waals surface area (Å²) in [5.74, 6) is 1.76. The number of aromatic nitrogens is 2. The largest absolute Gasteiger partial charge is 0.454 e. The molecule has 0 fully saturated rings. The van der Waals surface area contributed by atoms with Gasteiger partial charge in [0.1, 0.15) is 0 Å². The summed E-state index contributed by atoms with van der Waals surface area (Å²) in [7, 11) is 0. The summed E-state index contributed by atoms with van der Waals surface area (Å²) < 4.78 is 16.4. The van der Waals surface area contributed by atoms with Crippen LogP contribution in [0.25, 0.3) is 11.5 Å². The number of hydrogen-bond acceptors (Lipinski definition) is 7. The van der Waals surface area contributed by atoms with Crippen molar-refractivity contribution >= 4 is 17.7 Å². The molecule has 7 nitrogen and oxygen atoms in total. The van der Waals surface area contributed by atoms with E-state index in [0.717, 1.165) is 28.0 Å². The summed E-state index contributed by atoms with van der Waals surface area (Å²) in [4.78, 5) is 12.4. The number of fused-ring (bicyclic) bond motifs is 1. The first-order chi connectivity index (χ1) is 14.0. The van der Waals surface area contributed by atoms with E-state index in [2.05, 4.69) is 21.6 Å². The fourth-order valence-corrected chi connectivity index (χ4v) is 3.77. The van der Waals surface area contributed by atoms with Crippen LogP contribution in [0.15, 0.2) is 46.0 Å². The monoisotopic (exact) mass is 411 g/mol. The third kappa shape index (κ3) is 4.54. The van der Waals surface area contributed by atoms with Crippen LogP contribution in [0, 0.1) is 13.8 Å². The molecule has 4 rings (SSSR count). The van der Waals surface area contributed by atoms with Crippen molar-refractivity contribution in [2.75, 3.05) is 6.79 Å². The Labute approximate surface area is 172 Å². The molecule has 0 bridgehead atoms. The maximum Gasteiger partial charge on any atom is 0.277 e. The molecule has 1 atom stereocenters. The standard InChI is InChI=1S/C21H21N3O4S/c1-12-6-13(2)8-16(7-12)20-23-24-21(28-20)29-14(3)19(25)22-10-15-4-5-17-18(9-15)27-11-26-17/h4-9,14H,10-11H2,1-3H3,(H,22,25)/t14-/m0/s1. The molecule has 150 valence electrons. The second kappa shape index (κ2) is 8.16. The molecule has 1 aliphatic rings. The minimum atomic E-state index is -0.378. The Morgan fingerprint density at radius 2 is 1.86 bits per heavy atom. The van der Waals surface area contributed by atoms with E-state index in [1.807, 2.05) is 44.2 Å². The van der Waals surface area contributed by atoms with Gasteiger partial charge in [0, 0.05) is 12.1 Å². The van der Waals surface area contributed by atoms with Gasteiger partial charge in [0.25, 0.3) is 5.22 Å². The van der Waals surface area contributed by atoms with Crippen LogP contribution < -0.4 is 14.8 Å². The van der Waals surface area contributed by atoms with Gasteiger partial charge in [-0.05, 0) is 50.6 Å². The molecule has 1 N–H and O–H groups in total. The Kier molecular flexibility index (Phi) is 5.44. The van der Waals surface area contributed by atoms with Gasteiger partial charge in [-0.1, -0.05) is 35.0 Å². The van der Waals surface area contributed by atoms with Crippen molar-refractivity contribution in [2.45, 2.75) is 37.8 Å². The van der Waals surface area contributed by atoms with E-state index >= 15 is 0 Å². The second-order valence-electron chi connectivity index (χ2n) is 6.92. The molecular weight excluding hydrogens is 390 g/mol. The lowest BCUT2D eigenvalue weighted by Gasteiger charge is -2.10. The van der Waals surface area contributed by atoms with Gasteiger partial charge in [0.2, 0.25) is 18.6 Å². The van der Waals surface area contributed by atoms with Crippen LogP contribution in [0.1, 0.15) is 23.6 Å². The van der Waals surface area contributed by atoms with Crippen LogP contribution in [0.2, 0.25) is 0 Å². The van der Waals surface area contributed by atoms with Crippen LogP contribution >= 0.6 is 11.8 Å². The van der Waals surface area contributed by atoms with Crippen LogP contribution in [0.3, 0.4) is 0 Å². The van der Waals surface area contributed by atoms with Crippen molar-refractivity contribution in [3.8, 4) is 23.0 Å². The molecule has 2 aromatic carbocycles. The van der Waals surface area contributed by atoms with E-state index in [0.29, 0.717) is 23.4 Å². The topological polar surface area (TPSA) is 86.5 Å². The number of ether oxygens (including phenoxy) is 2. The quantitative estimate of drug-likeness (QED) is 0.616. The smallest absolute Gasteiger partial charge is 0.277 e. The predicted molar refractivity (Wildman–Crippen MR) is 109 cm³/mol. The third-order valence-electron chi connectivity index (χ3n) is 4.43. The highest BCUT2D eigenvalue weighted by molar-refractivity contribution is 8.00. The normalized spacial score (nSPS) is 13.3. The average Bonchev–Trinajstić information content (AvgIpc) is 3.34. The molecule has 0 saturated carbocycles. The highest BCUT2D eigenvalue weighted by atomic mass is 32.2. The van der Waals surface area contributed by atoms with Crippen molar-refractivity contribution in [1.29, 1.82) is 0 Å². The lowest BCUT2D eigenvalue weighted by atomic mass is 10.1. The molecule has 1 amide bonds. The number of nitrogens with one attached hydrogen (secondary N) is 1. The number of nitrogens with zero attached hydrogens (tertiary/aromatic N) is 2. The molecule has 1 aromatic heterocycles. The fourth-order valence-electron chi connectivity index (χ4n) is 3.06. The Balaban J connectivity index is 1.34. The number of benzene rings is 2. The molecule has 0 radical (unpaired) electrons. The predicted octanol–water partition coefficient (Wildman–Crippen LogP) is 3.88. The minimum Gasteiger partial charge on any atom is -0.454 e. The maximum atomic E-state index is 12.4. The lowest BCUT2D eigenvalue weighted by molar-refractivity contribution is -0.120. The summed E-state index contributed by atoms with van der Waals surface area (Å²) in [6.45, 7) is 6.48. The zero-order valence-corrected chi connectivity index (χ0v) is 17.2. The maximum absolute atomic E-state index is 12.4. The van der Waals surface area contributed by atoms with Gasteiger partial charge < -0.3 is 19.2 Å². The zero-order chi connectivity index (χ0) is 20.4. The Hall–Kier alpha value is -3.00. The Morgan fingerprint density at radius 1 is 1.10 bits per heavy atom. The highest BCUT2D eigenvalue weighted by Gasteiger charge is 2.19. The minimum absolute atomic E-state index is 0.112. The van der Waals surface area contributed by atoms with Crippen LogP contribution in [0.4, 0.5) is 0 Å². The lowest BCUT2D eigenvalue weighted by Crippen LogP contribution is -2.30. The molecule has 1 aliphatic heterocycles. The number of carbonyl (C=O) groups excluding carboxylic acids is 1. The van der Waals surface area contributed by atoms with Crippen LogP contribution in [0.5, 0.6) is 11.5 Å². The van der Waals surface area contributed by atoms with Crippen molar-refractivity contribution in [3.05, 3.63) is 53.1 Å². The first kappa shape index (κ1) is 19.3. The van der Waals surface area contributed by atoms with E-state index in [4.69, 9.17) is 13.9 Å². The molecular formula is C21H21N3O4S. The van der Waals surface area contributed by atoms with Crippen molar-refractivity contribution in [2.24, 2.45) is 0 Å². The molecule has 0 saturated heterocycles. The highest BCUT2D eigenvalue weighted by Crippen LogP contribution is 2.32. The van der Waals surface area contributed by atoms with Gasteiger partial charge in [0.05, 0.1) is 5.25 Å². The Bertz CT molecular complexity index is 1030. The fraction of sp³-hybridized carbons (Fsp3) is 0.286. The van der Waals surface area contributed by atoms with Crippen molar-refractivity contribution in [3.63, 3.8) is 0 Å². The van der Waals surface area contributed by atoms with Gasteiger partial charge in [0.15, 0.2) is 11.5 Å². The first-order valence-electron chi connectivity index (χ1n) is 9.23. The summed E-state index contributed by atoms with van der Waals surface area (Å²) in [5, 5.41) is 11.1. The number of rotatable bonds is 6. The van der Waals surface area contributed by atoms with Gasteiger partial charge in [-0.15, -0.1) is 10.2 Å². The van der Waals surface area contributed by atoms with Gasteiger partial charge in [-0.3, -0.25) is 4.79 Å².